The first-order valence-electron chi connectivity index (χ1n) is 9.16. The number of carbonyl (C=O) groups excluding carboxylic acids is 1. The van der Waals surface area contributed by atoms with Crippen molar-refractivity contribution in [2.45, 2.75) is 13.8 Å². The Balaban J connectivity index is 1.80. The van der Waals surface area contributed by atoms with Gasteiger partial charge in [0.15, 0.2) is 27.3 Å². The van der Waals surface area contributed by atoms with Crippen molar-refractivity contribution in [2.24, 2.45) is 5.10 Å². The number of phenols is 2. The van der Waals surface area contributed by atoms with Crippen LogP contribution >= 0.6 is 24.0 Å². The molecule has 2 aromatic rings. The van der Waals surface area contributed by atoms with Gasteiger partial charge in [-0.1, -0.05) is 17.8 Å². The van der Waals surface area contributed by atoms with Crippen molar-refractivity contribution in [1.29, 1.82) is 0 Å². The molecule has 0 atom stereocenters. The Bertz CT molecular complexity index is 1040. The van der Waals surface area contributed by atoms with E-state index in [1.54, 1.807) is 30.3 Å². The summed E-state index contributed by atoms with van der Waals surface area (Å²) in [5, 5.41) is 24.9. The van der Waals surface area contributed by atoms with E-state index in [4.69, 9.17) is 21.7 Å². The topological polar surface area (TPSA) is 91.6 Å². The predicted molar refractivity (Wildman–Crippen MR) is 121 cm³/mol. The number of hydrogen-bond donors (Lipinski definition) is 2. The molecule has 30 heavy (non-hydrogen) atoms. The van der Waals surface area contributed by atoms with Crippen molar-refractivity contribution >= 4 is 46.5 Å². The van der Waals surface area contributed by atoms with Crippen molar-refractivity contribution in [1.82, 2.24) is 5.01 Å². The Morgan fingerprint density at radius 3 is 2.20 bits per heavy atom. The smallest absolute Gasteiger partial charge is 0.286 e. The average molecular weight is 445 g/mol. The number of amides is 1. The molecule has 0 aromatic heterocycles. The molecule has 1 saturated heterocycles. The number of nitrogens with zero attached hydrogens (tertiary/aromatic N) is 2. The van der Waals surface area contributed by atoms with Crippen LogP contribution in [0.3, 0.4) is 0 Å². The number of thioether (sulfide) groups is 1. The molecule has 1 aliphatic heterocycles. The van der Waals surface area contributed by atoms with Gasteiger partial charge in [-0.25, -0.2) is 0 Å². The summed E-state index contributed by atoms with van der Waals surface area (Å²) in [5.74, 6) is 0.395. The number of ether oxygens (including phenoxy) is 2. The minimum absolute atomic E-state index is 0.0304. The summed E-state index contributed by atoms with van der Waals surface area (Å²) in [4.78, 5) is 13.1. The molecule has 1 aliphatic rings. The van der Waals surface area contributed by atoms with Crippen molar-refractivity contribution in [2.75, 3.05) is 13.2 Å². The molecule has 0 radical (unpaired) electrons. The van der Waals surface area contributed by atoms with E-state index in [0.717, 1.165) is 16.8 Å². The lowest BCUT2D eigenvalue weighted by molar-refractivity contribution is -0.122. The summed E-state index contributed by atoms with van der Waals surface area (Å²) >= 11 is 6.42. The van der Waals surface area contributed by atoms with Gasteiger partial charge in [-0.2, -0.15) is 10.1 Å². The third kappa shape index (κ3) is 4.92. The van der Waals surface area contributed by atoms with Crippen molar-refractivity contribution in [3.8, 4) is 23.0 Å². The number of carbonyl (C=O) groups is 1. The molecule has 0 saturated carbocycles. The largest absolute Gasteiger partial charge is 0.504 e. The van der Waals surface area contributed by atoms with E-state index in [9.17, 15) is 15.0 Å². The van der Waals surface area contributed by atoms with Gasteiger partial charge in [0.2, 0.25) is 0 Å². The van der Waals surface area contributed by atoms with Crippen LogP contribution in [-0.2, 0) is 4.79 Å². The summed E-state index contributed by atoms with van der Waals surface area (Å²) in [6, 6.07) is 9.62. The van der Waals surface area contributed by atoms with E-state index < -0.39 is 0 Å². The monoisotopic (exact) mass is 444 g/mol. The zero-order valence-corrected chi connectivity index (χ0v) is 18.0. The normalized spacial score (nSPS) is 15.4. The van der Waals surface area contributed by atoms with Crippen LogP contribution < -0.4 is 9.47 Å². The van der Waals surface area contributed by atoms with Crippen LogP contribution in [-0.4, -0.2) is 44.9 Å². The number of rotatable bonds is 7. The second-order valence-electron chi connectivity index (χ2n) is 6.06. The van der Waals surface area contributed by atoms with Crippen LogP contribution in [0.4, 0.5) is 0 Å². The standard InChI is InChI=1S/C21H20N2O5S2/c1-3-27-17-9-13(5-7-15(17)24)11-19-20(26)23(21(29)30-19)22-12-14-6-8-16(25)18(10-14)28-4-2/h5-12,24-25H,3-4H2,1-2H3/b19-11-,22-12+. The number of hydrazone groups is 1. The number of phenolic OH excluding ortho intramolecular Hbond substituents is 2. The zero-order valence-electron chi connectivity index (χ0n) is 16.4. The molecule has 7 nitrogen and oxygen atoms in total. The quantitative estimate of drug-likeness (QED) is 0.377. The minimum Gasteiger partial charge on any atom is -0.504 e. The van der Waals surface area contributed by atoms with E-state index in [2.05, 4.69) is 5.10 Å². The van der Waals surface area contributed by atoms with Gasteiger partial charge in [-0.15, -0.1) is 0 Å². The Morgan fingerprint density at radius 1 is 1.03 bits per heavy atom. The Kier molecular flexibility index (Phi) is 6.96. The Labute approximate surface area is 183 Å². The van der Waals surface area contributed by atoms with Gasteiger partial charge in [0.25, 0.3) is 5.91 Å². The Hall–Kier alpha value is -3.04. The second kappa shape index (κ2) is 9.64. The van der Waals surface area contributed by atoms with E-state index >= 15 is 0 Å². The molecule has 1 amide bonds. The fourth-order valence-corrected chi connectivity index (χ4v) is 3.78. The summed E-state index contributed by atoms with van der Waals surface area (Å²) in [6.07, 6.45) is 3.15. The van der Waals surface area contributed by atoms with Gasteiger partial charge < -0.3 is 19.7 Å². The molecule has 0 aliphatic carbocycles. The van der Waals surface area contributed by atoms with Crippen LogP contribution in [0.2, 0.25) is 0 Å². The van der Waals surface area contributed by atoms with Crippen molar-refractivity contribution in [3.63, 3.8) is 0 Å². The third-order valence-corrected chi connectivity index (χ3v) is 5.24. The van der Waals surface area contributed by atoms with Gasteiger partial charge in [-0.05, 0) is 73.6 Å². The van der Waals surface area contributed by atoms with E-state index in [1.165, 1.54) is 18.3 Å². The molecule has 0 bridgehead atoms. The van der Waals surface area contributed by atoms with Gasteiger partial charge in [0.1, 0.15) is 0 Å². The molecule has 1 heterocycles. The fourth-order valence-electron chi connectivity index (χ4n) is 2.61. The van der Waals surface area contributed by atoms with E-state index in [-0.39, 0.29) is 17.4 Å². The maximum Gasteiger partial charge on any atom is 0.286 e. The van der Waals surface area contributed by atoms with Gasteiger partial charge in [-0.3, -0.25) is 4.79 Å². The summed E-state index contributed by atoms with van der Waals surface area (Å²) in [5.41, 5.74) is 1.34. The van der Waals surface area contributed by atoms with Gasteiger partial charge in [0, 0.05) is 0 Å². The summed E-state index contributed by atoms with van der Waals surface area (Å²) in [7, 11) is 0. The number of aromatic hydroxyl groups is 2. The summed E-state index contributed by atoms with van der Waals surface area (Å²) < 4.78 is 11.0. The predicted octanol–water partition coefficient (Wildman–Crippen LogP) is 4.13. The Morgan fingerprint density at radius 2 is 1.60 bits per heavy atom. The SMILES string of the molecule is CCOc1cc(/C=C2\SC(=S)N(/N=C/c3ccc(O)c(OCC)c3)C2=O)ccc1O. The lowest BCUT2D eigenvalue weighted by Crippen LogP contribution is -2.22. The highest BCUT2D eigenvalue weighted by molar-refractivity contribution is 8.26. The average Bonchev–Trinajstić information content (AvgIpc) is 2.98. The molecule has 0 spiro atoms. The number of benzene rings is 2. The number of hydrogen-bond acceptors (Lipinski definition) is 8. The third-order valence-electron chi connectivity index (χ3n) is 3.96. The van der Waals surface area contributed by atoms with E-state index in [1.807, 2.05) is 13.8 Å². The van der Waals surface area contributed by atoms with Crippen LogP contribution in [0.15, 0.2) is 46.4 Å². The maximum atomic E-state index is 12.7. The van der Waals surface area contributed by atoms with Gasteiger partial charge in [0.05, 0.1) is 24.3 Å². The molecule has 2 N–H and O–H groups in total. The van der Waals surface area contributed by atoms with Crippen molar-refractivity contribution in [3.05, 3.63) is 52.4 Å². The molecule has 156 valence electrons. The lowest BCUT2D eigenvalue weighted by Gasteiger charge is -2.08. The van der Waals surface area contributed by atoms with Gasteiger partial charge >= 0.3 is 0 Å². The lowest BCUT2D eigenvalue weighted by atomic mass is 10.2. The molecular formula is C21H20N2O5S2. The fraction of sp³-hybridized carbons (Fsp3) is 0.190. The summed E-state index contributed by atoms with van der Waals surface area (Å²) in [6.45, 7) is 4.46. The van der Waals surface area contributed by atoms with Crippen molar-refractivity contribution < 1.29 is 24.5 Å². The first-order chi connectivity index (χ1) is 14.4. The zero-order chi connectivity index (χ0) is 21.7. The molecule has 2 aromatic carbocycles. The maximum absolute atomic E-state index is 12.7. The molecular weight excluding hydrogens is 424 g/mol. The van der Waals surface area contributed by atoms with Crippen LogP contribution in [0.5, 0.6) is 23.0 Å². The molecule has 3 rings (SSSR count). The first-order valence-corrected chi connectivity index (χ1v) is 10.4. The first kappa shape index (κ1) is 21.7. The minimum atomic E-state index is -0.351. The molecule has 0 unspecified atom stereocenters. The second-order valence-corrected chi connectivity index (χ2v) is 7.73. The highest BCUT2D eigenvalue weighted by atomic mass is 32.2. The number of thiocarbonyl (C=S) groups is 1. The molecule has 9 heteroatoms. The van der Waals surface area contributed by atoms with Crippen LogP contribution in [0.1, 0.15) is 25.0 Å². The highest BCUT2D eigenvalue weighted by Gasteiger charge is 2.32. The molecule has 1 fully saturated rings. The van der Waals surface area contributed by atoms with E-state index in [0.29, 0.717) is 45.1 Å². The van der Waals surface area contributed by atoms with Crippen LogP contribution in [0, 0.1) is 0 Å². The highest BCUT2D eigenvalue weighted by Crippen LogP contribution is 2.35. The van der Waals surface area contributed by atoms with Crippen LogP contribution in [0.25, 0.3) is 6.08 Å².